The molecule has 2 heterocycles. The molecular weight excluding hydrogens is 560 g/mol. The third-order valence-corrected chi connectivity index (χ3v) is 8.80. The molecule has 1 atom stereocenters. The lowest BCUT2D eigenvalue weighted by atomic mass is 10.2. The maximum absolute atomic E-state index is 14.9. The summed E-state index contributed by atoms with van der Waals surface area (Å²) in [5, 5.41) is 9.63. The van der Waals surface area contributed by atoms with E-state index in [0.717, 1.165) is 13.1 Å². The van der Waals surface area contributed by atoms with Crippen LogP contribution in [0.2, 0.25) is 5.02 Å². The second kappa shape index (κ2) is 12.1. The van der Waals surface area contributed by atoms with E-state index in [1.807, 2.05) is 11.9 Å². The van der Waals surface area contributed by atoms with Gasteiger partial charge in [0, 0.05) is 50.8 Å². The number of amides is 2. The van der Waals surface area contributed by atoms with Crippen LogP contribution in [0.5, 0.6) is 11.5 Å². The Morgan fingerprint density at radius 2 is 1.67 bits per heavy atom. The van der Waals surface area contributed by atoms with Crippen molar-refractivity contribution in [3.63, 3.8) is 0 Å². The van der Waals surface area contributed by atoms with Crippen molar-refractivity contribution in [2.45, 2.75) is 10.9 Å². The molecule has 39 heavy (non-hydrogen) atoms. The largest absolute Gasteiger partial charge is 0.451 e. The summed E-state index contributed by atoms with van der Waals surface area (Å²) in [5.74, 6) is -4.70. The Morgan fingerprint density at radius 1 is 1.05 bits per heavy atom. The maximum atomic E-state index is 14.9. The Kier molecular flexibility index (Phi) is 9.03. The van der Waals surface area contributed by atoms with Gasteiger partial charge < -0.3 is 14.5 Å². The van der Waals surface area contributed by atoms with Crippen LogP contribution < -0.4 is 10.2 Å². The number of nitrogens with one attached hydrogen (secondary N) is 1. The van der Waals surface area contributed by atoms with Gasteiger partial charge in [0.2, 0.25) is 15.9 Å². The zero-order chi connectivity index (χ0) is 28.3. The highest BCUT2D eigenvalue weighted by Crippen LogP contribution is 2.32. The van der Waals surface area contributed by atoms with Gasteiger partial charge in [-0.3, -0.25) is 19.7 Å². The quantitative estimate of drug-likeness (QED) is 0.368. The topological polar surface area (TPSA) is 123 Å². The molecule has 4 rings (SSSR count). The first-order valence-corrected chi connectivity index (χ1v) is 13.9. The average Bonchev–Trinajstić information content (AvgIpc) is 2.92. The number of hydroxylamine groups is 1. The number of hydrogen-bond donors (Lipinski definition) is 2. The Labute approximate surface area is 229 Å². The van der Waals surface area contributed by atoms with Gasteiger partial charge in [-0.25, -0.2) is 22.7 Å². The van der Waals surface area contributed by atoms with E-state index in [0.29, 0.717) is 34.6 Å². The van der Waals surface area contributed by atoms with Crippen molar-refractivity contribution < 1.29 is 36.7 Å². The molecule has 0 spiro atoms. The molecule has 15 heteroatoms. The molecule has 11 nitrogen and oxygen atoms in total. The van der Waals surface area contributed by atoms with Gasteiger partial charge in [-0.05, 0) is 43.4 Å². The second-order valence-corrected chi connectivity index (χ2v) is 11.6. The lowest BCUT2D eigenvalue weighted by Crippen LogP contribution is -2.62. The number of halogens is 3. The highest BCUT2D eigenvalue weighted by atomic mass is 35.5. The molecule has 0 aliphatic carbocycles. The number of benzene rings is 2. The minimum Gasteiger partial charge on any atom is -0.451 e. The monoisotopic (exact) mass is 587 g/mol. The average molecular weight is 588 g/mol. The van der Waals surface area contributed by atoms with Gasteiger partial charge in [-0.1, -0.05) is 11.6 Å². The summed E-state index contributed by atoms with van der Waals surface area (Å²) in [5.41, 5.74) is 1.42. The smallest absolute Gasteiger partial charge is 0.263 e. The normalized spacial score (nSPS) is 19.6. The van der Waals surface area contributed by atoms with Crippen LogP contribution in [-0.2, 0) is 19.6 Å². The maximum Gasteiger partial charge on any atom is 0.263 e. The van der Waals surface area contributed by atoms with Gasteiger partial charge >= 0.3 is 0 Å². The molecule has 2 amide bonds. The molecule has 2 aromatic carbocycles. The summed E-state index contributed by atoms with van der Waals surface area (Å²) >= 11 is 5.80. The Balaban J connectivity index is 1.52. The van der Waals surface area contributed by atoms with E-state index < -0.39 is 44.3 Å². The van der Waals surface area contributed by atoms with Gasteiger partial charge in [0.25, 0.3) is 5.91 Å². The number of rotatable bonds is 7. The van der Waals surface area contributed by atoms with E-state index in [4.69, 9.17) is 16.3 Å². The number of carbonyl (C=O) groups excluding carboxylic acids is 2. The van der Waals surface area contributed by atoms with E-state index in [9.17, 15) is 32.0 Å². The predicted molar refractivity (Wildman–Crippen MR) is 136 cm³/mol. The summed E-state index contributed by atoms with van der Waals surface area (Å²) in [6.45, 7) is 2.33. The lowest BCUT2D eigenvalue weighted by Gasteiger charge is -2.40. The predicted octanol–water partition coefficient (Wildman–Crippen LogP) is 1.36. The first-order chi connectivity index (χ1) is 18.5. The van der Waals surface area contributed by atoms with E-state index in [2.05, 4.69) is 4.90 Å². The van der Waals surface area contributed by atoms with Gasteiger partial charge in [0.1, 0.15) is 11.8 Å². The zero-order valence-corrected chi connectivity index (χ0v) is 22.6. The number of piperazine rings is 2. The van der Waals surface area contributed by atoms with E-state index in [1.54, 1.807) is 0 Å². The number of likely N-dealkylation sites (N-methyl/N-ethyl adjacent to an activating group) is 1. The van der Waals surface area contributed by atoms with Crippen molar-refractivity contribution in [3.05, 3.63) is 53.1 Å². The van der Waals surface area contributed by atoms with Crippen molar-refractivity contribution in [2.75, 3.05) is 59.4 Å². The standard InChI is InChI=1S/C24H28ClF2N5O6S/c1-29-6-8-30(9-7-29)15-22(33)31-10-11-32(21(14-31)24(34)28-35)39(36,37)18-12-19(26)23(20(27)13-18)38-17-4-2-16(25)3-5-17/h2-5,12-13,21,35H,6-11,14-15H2,1H3,(H,28,34)/t21-/m0/s1. The van der Waals surface area contributed by atoms with E-state index in [-0.39, 0.29) is 37.8 Å². The molecule has 0 aromatic heterocycles. The number of ether oxygens (including phenoxy) is 1. The first-order valence-electron chi connectivity index (χ1n) is 12.1. The molecule has 212 valence electrons. The highest BCUT2D eigenvalue weighted by Gasteiger charge is 2.42. The van der Waals surface area contributed by atoms with Crippen LogP contribution in [-0.4, -0.2) is 110 Å². The molecule has 2 fully saturated rings. The minimum absolute atomic E-state index is 0.0518. The third-order valence-electron chi connectivity index (χ3n) is 6.66. The van der Waals surface area contributed by atoms with Crippen LogP contribution in [0, 0.1) is 11.6 Å². The van der Waals surface area contributed by atoms with Gasteiger partial charge in [-0.2, -0.15) is 4.31 Å². The molecule has 0 saturated carbocycles. The fourth-order valence-corrected chi connectivity index (χ4v) is 6.13. The summed E-state index contributed by atoms with van der Waals surface area (Å²) < 4.78 is 62.5. The van der Waals surface area contributed by atoms with Crippen LogP contribution in [0.4, 0.5) is 8.78 Å². The molecule has 0 bridgehead atoms. The summed E-state index contributed by atoms with van der Waals surface area (Å²) in [4.78, 5) is 30.1. The fraction of sp³-hybridized carbons (Fsp3) is 0.417. The third kappa shape index (κ3) is 6.65. The van der Waals surface area contributed by atoms with Crippen molar-refractivity contribution in [3.8, 4) is 11.5 Å². The minimum atomic E-state index is -4.63. The molecule has 2 N–H and O–H groups in total. The summed E-state index contributed by atoms with van der Waals surface area (Å²) in [7, 11) is -2.65. The molecule has 2 aliphatic heterocycles. The summed E-state index contributed by atoms with van der Waals surface area (Å²) in [6, 6.07) is 5.32. The number of nitrogens with zero attached hydrogens (tertiary/aromatic N) is 4. The summed E-state index contributed by atoms with van der Waals surface area (Å²) in [6.07, 6.45) is 0. The molecule has 2 saturated heterocycles. The molecule has 2 aromatic rings. The SMILES string of the molecule is CN1CCN(CC(=O)N2CCN(S(=O)(=O)c3cc(F)c(Oc4ccc(Cl)cc4)c(F)c3)[C@H](C(=O)NO)C2)CC1. The van der Waals surface area contributed by atoms with Crippen molar-refractivity contribution in [1.82, 2.24) is 24.5 Å². The molecule has 0 radical (unpaired) electrons. The Morgan fingerprint density at radius 3 is 2.26 bits per heavy atom. The highest BCUT2D eigenvalue weighted by molar-refractivity contribution is 7.89. The van der Waals surface area contributed by atoms with Crippen molar-refractivity contribution in [2.24, 2.45) is 0 Å². The van der Waals surface area contributed by atoms with Gasteiger partial charge in [0.05, 0.1) is 11.4 Å². The fourth-order valence-electron chi connectivity index (χ4n) is 4.40. The van der Waals surface area contributed by atoms with Crippen molar-refractivity contribution in [1.29, 1.82) is 0 Å². The molecule has 0 unspecified atom stereocenters. The van der Waals surface area contributed by atoms with Gasteiger partial charge in [-0.15, -0.1) is 0 Å². The van der Waals surface area contributed by atoms with Gasteiger partial charge in [0.15, 0.2) is 17.4 Å². The van der Waals surface area contributed by atoms with Crippen LogP contribution in [0.3, 0.4) is 0 Å². The van der Waals surface area contributed by atoms with Crippen LogP contribution in [0.25, 0.3) is 0 Å². The Bertz CT molecular complexity index is 1300. The lowest BCUT2D eigenvalue weighted by molar-refractivity contribution is -0.140. The molecular formula is C24H28ClF2N5O6S. The Hall–Kier alpha value is -2.88. The van der Waals surface area contributed by atoms with E-state index >= 15 is 0 Å². The number of hydrogen-bond acceptors (Lipinski definition) is 8. The number of sulfonamides is 1. The van der Waals surface area contributed by atoms with E-state index in [1.165, 1.54) is 34.6 Å². The van der Waals surface area contributed by atoms with Crippen LogP contribution in [0.15, 0.2) is 41.3 Å². The zero-order valence-electron chi connectivity index (χ0n) is 21.0. The number of carbonyl (C=O) groups is 2. The van der Waals surface area contributed by atoms with Crippen LogP contribution >= 0.6 is 11.6 Å². The van der Waals surface area contributed by atoms with Crippen LogP contribution in [0.1, 0.15) is 0 Å². The molecule has 2 aliphatic rings. The second-order valence-electron chi connectivity index (χ2n) is 9.30. The first kappa shape index (κ1) is 29.1. The van der Waals surface area contributed by atoms with Crippen molar-refractivity contribution >= 4 is 33.4 Å².